The van der Waals surface area contributed by atoms with E-state index in [1.165, 1.54) is 17.2 Å². The van der Waals surface area contributed by atoms with Gasteiger partial charge in [0.05, 0.1) is 12.6 Å². The third kappa shape index (κ3) is 1.23. The minimum absolute atomic E-state index is 0.485. The monoisotopic (exact) mass is 204 g/mol. The Morgan fingerprint density at radius 3 is 3.00 bits per heavy atom. The minimum atomic E-state index is 0.485. The first-order valence-corrected chi connectivity index (χ1v) is 5.90. The molecule has 0 amide bonds. The van der Waals surface area contributed by atoms with Crippen LogP contribution in [0.2, 0.25) is 0 Å². The molecule has 72 valence electrons. The molecule has 2 aliphatic rings. The van der Waals surface area contributed by atoms with Crippen LogP contribution in [0.1, 0.15) is 18.0 Å². The largest absolute Gasteiger partial charge is 0.295 e. The average molecular weight is 204 g/mol. The number of rotatable bonds is 1. The van der Waals surface area contributed by atoms with Gasteiger partial charge in [-0.05, 0) is 17.5 Å². The van der Waals surface area contributed by atoms with Crippen LogP contribution < -0.4 is 0 Å². The van der Waals surface area contributed by atoms with Crippen molar-refractivity contribution in [3.05, 3.63) is 35.9 Å². The first-order chi connectivity index (χ1) is 6.95. The van der Waals surface area contributed by atoms with Crippen molar-refractivity contribution < 1.29 is 0 Å². The van der Waals surface area contributed by atoms with Crippen LogP contribution in [0.3, 0.4) is 0 Å². The number of fused-ring (bicyclic) bond motifs is 1. The molecule has 1 aromatic carbocycles. The lowest BCUT2D eigenvalue weighted by Crippen LogP contribution is -2.19. The fraction of sp³-hybridized carbons (Fsp3) is 0.364. The highest BCUT2D eigenvalue weighted by Gasteiger charge is 2.32. The van der Waals surface area contributed by atoms with Crippen LogP contribution in [-0.2, 0) is 0 Å². The molecule has 14 heavy (non-hydrogen) atoms. The molecule has 1 fully saturated rings. The minimum Gasteiger partial charge on any atom is -0.295 e. The van der Waals surface area contributed by atoms with Crippen LogP contribution in [0.5, 0.6) is 0 Å². The highest BCUT2D eigenvalue weighted by atomic mass is 32.2. The van der Waals surface area contributed by atoms with Gasteiger partial charge in [0.1, 0.15) is 5.84 Å². The highest BCUT2D eigenvalue weighted by molar-refractivity contribution is 7.98. The molecule has 0 spiro atoms. The summed E-state index contributed by atoms with van der Waals surface area (Å²) in [5.41, 5.74) is 1.39. The maximum atomic E-state index is 4.58. The maximum Gasteiger partial charge on any atom is 0.110 e. The van der Waals surface area contributed by atoms with Crippen molar-refractivity contribution in [2.75, 3.05) is 12.3 Å². The van der Waals surface area contributed by atoms with Gasteiger partial charge in [0.15, 0.2) is 0 Å². The Hall–Kier alpha value is -0.960. The number of benzene rings is 1. The Kier molecular flexibility index (Phi) is 1.98. The molecule has 2 nitrogen and oxygen atoms in total. The topological polar surface area (TPSA) is 15.6 Å². The Bertz CT molecular complexity index is 361. The van der Waals surface area contributed by atoms with Crippen molar-refractivity contribution in [3.8, 4) is 0 Å². The lowest BCUT2D eigenvalue weighted by atomic mass is 10.1. The SMILES string of the molecule is c1ccc(C2CN=C3CCSN32)cc1. The molecule has 3 rings (SSSR count). The Balaban J connectivity index is 1.89. The van der Waals surface area contributed by atoms with E-state index in [0.29, 0.717) is 6.04 Å². The molecule has 1 unspecified atom stereocenters. The first kappa shape index (κ1) is 8.36. The predicted molar refractivity (Wildman–Crippen MR) is 60.4 cm³/mol. The highest BCUT2D eigenvalue weighted by Crippen LogP contribution is 2.37. The van der Waals surface area contributed by atoms with E-state index in [2.05, 4.69) is 39.6 Å². The van der Waals surface area contributed by atoms with Gasteiger partial charge in [-0.25, -0.2) is 0 Å². The zero-order valence-electron chi connectivity index (χ0n) is 7.89. The van der Waals surface area contributed by atoms with Crippen molar-refractivity contribution >= 4 is 17.8 Å². The van der Waals surface area contributed by atoms with E-state index in [4.69, 9.17) is 0 Å². The van der Waals surface area contributed by atoms with Crippen LogP contribution in [0.4, 0.5) is 0 Å². The summed E-state index contributed by atoms with van der Waals surface area (Å²) in [5, 5.41) is 0. The summed E-state index contributed by atoms with van der Waals surface area (Å²) in [6, 6.07) is 11.2. The molecule has 2 heterocycles. The third-order valence-corrected chi connectivity index (χ3v) is 3.85. The van der Waals surface area contributed by atoms with Crippen LogP contribution in [0.15, 0.2) is 35.3 Å². The molecule has 1 saturated heterocycles. The van der Waals surface area contributed by atoms with Crippen molar-refractivity contribution in [2.45, 2.75) is 12.5 Å². The number of amidine groups is 1. The summed E-state index contributed by atoms with van der Waals surface area (Å²) in [4.78, 5) is 4.58. The van der Waals surface area contributed by atoms with Gasteiger partial charge in [0.2, 0.25) is 0 Å². The molecular formula is C11H12N2S. The number of hydrogen-bond acceptors (Lipinski definition) is 3. The fourth-order valence-electron chi connectivity index (χ4n) is 2.02. The van der Waals surface area contributed by atoms with Crippen LogP contribution in [0.25, 0.3) is 0 Å². The van der Waals surface area contributed by atoms with Gasteiger partial charge in [-0.15, -0.1) is 0 Å². The second-order valence-electron chi connectivity index (χ2n) is 3.59. The van der Waals surface area contributed by atoms with Crippen LogP contribution in [-0.4, -0.2) is 22.4 Å². The third-order valence-electron chi connectivity index (χ3n) is 2.72. The molecule has 3 heteroatoms. The normalized spacial score (nSPS) is 25.0. The van der Waals surface area contributed by atoms with Crippen LogP contribution >= 0.6 is 11.9 Å². The van der Waals surface area contributed by atoms with Gasteiger partial charge in [-0.1, -0.05) is 30.3 Å². The molecule has 0 N–H and O–H groups in total. The zero-order chi connectivity index (χ0) is 9.38. The lowest BCUT2D eigenvalue weighted by molar-refractivity contribution is 0.549. The van der Waals surface area contributed by atoms with E-state index < -0.39 is 0 Å². The van der Waals surface area contributed by atoms with Gasteiger partial charge >= 0.3 is 0 Å². The number of hydrogen-bond donors (Lipinski definition) is 0. The summed E-state index contributed by atoms with van der Waals surface area (Å²) in [7, 11) is 0. The Labute approximate surface area is 88.2 Å². The molecule has 0 aliphatic carbocycles. The van der Waals surface area contributed by atoms with Gasteiger partial charge in [-0.2, -0.15) is 0 Å². The molecular weight excluding hydrogens is 192 g/mol. The molecule has 1 atom stereocenters. The van der Waals surface area contributed by atoms with E-state index in [0.717, 1.165) is 13.0 Å². The number of nitrogens with zero attached hydrogens (tertiary/aromatic N) is 2. The first-order valence-electron chi connectivity index (χ1n) is 4.95. The van der Waals surface area contributed by atoms with Crippen molar-refractivity contribution in [1.29, 1.82) is 0 Å². The van der Waals surface area contributed by atoms with E-state index >= 15 is 0 Å². The summed E-state index contributed by atoms with van der Waals surface area (Å²) >= 11 is 1.92. The lowest BCUT2D eigenvalue weighted by Gasteiger charge is -2.21. The zero-order valence-corrected chi connectivity index (χ0v) is 8.70. The number of aliphatic imine (C=N–C) groups is 1. The van der Waals surface area contributed by atoms with Crippen molar-refractivity contribution in [3.63, 3.8) is 0 Å². The van der Waals surface area contributed by atoms with Crippen LogP contribution in [0, 0.1) is 0 Å². The Morgan fingerprint density at radius 1 is 1.29 bits per heavy atom. The second-order valence-corrected chi connectivity index (χ2v) is 4.65. The van der Waals surface area contributed by atoms with Crippen molar-refractivity contribution in [2.24, 2.45) is 4.99 Å². The van der Waals surface area contributed by atoms with Gasteiger partial charge in [0, 0.05) is 12.2 Å². The summed E-state index contributed by atoms with van der Waals surface area (Å²) in [6.45, 7) is 0.937. The molecule has 0 radical (unpaired) electrons. The van der Waals surface area contributed by atoms with E-state index in [1.54, 1.807) is 0 Å². The summed E-state index contributed by atoms with van der Waals surface area (Å²) < 4.78 is 2.38. The smallest absolute Gasteiger partial charge is 0.110 e. The van der Waals surface area contributed by atoms with Crippen molar-refractivity contribution in [1.82, 2.24) is 4.31 Å². The molecule has 1 aromatic rings. The molecule has 2 aliphatic heterocycles. The van der Waals surface area contributed by atoms with E-state index in [-0.39, 0.29) is 0 Å². The van der Waals surface area contributed by atoms with Gasteiger partial charge in [-0.3, -0.25) is 9.30 Å². The average Bonchev–Trinajstić information content (AvgIpc) is 2.79. The Morgan fingerprint density at radius 2 is 2.14 bits per heavy atom. The standard InChI is InChI=1S/C11H12N2S/c1-2-4-9(5-3-1)10-8-12-11-6-7-14-13(10)11/h1-5,10H,6-8H2. The molecule has 0 aromatic heterocycles. The fourth-order valence-corrected chi connectivity index (χ4v) is 3.16. The van der Waals surface area contributed by atoms with E-state index in [1.807, 2.05) is 11.9 Å². The quantitative estimate of drug-likeness (QED) is 0.653. The molecule has 0 saturated carbocycles. The summed E-state index contributed by atoms with van der Waals surface area (Å²) in [6.07, 6.45) is 1.15. The summed E-state index contributed by atoms with van der Waals surface area (Å²) in [5.74, 6) is 2.49. The molecule has 0 bridgehead atoms. The van der Waals surface area contributed by atoms with Gasteiger partial charge < -0.3 is 0 Å². The van der Waals surface area contributed by atoms with Gasteiger partial charge in [0.25, 0.3) is 0 Å². The van der Waals surface area contributed by atoms with E-state index in [9.17, 15) is 0 Å². The maximum absolute atomic E-state index is 4.58. The second kappa shape index (κ2) is 3.31. The predicted octanol–water partition coefficient (Wildman–Crippen LogP) is 2.49.